The van der Waals surface area contributed by atoms with Crippen LogP contribution in [0.1, 0.15) is 0 Å². The minimum Gasteiger partial charge on any atom is -0.0622 e. The third-order valence-corrected chi connectivity index (χ3v) is 8.54. The van der Waals surface area contributed by atoms with Crippen LogP contribution < -0.4 is 0 Å². The summed E-state index contributed by atoms with van der Waals surface area (Å²) in [6, 6.07) is 49.2. The molecule has 2 aliphatic carbocycles. The van der Waals surface area contributed by atoms with E-state index in [0.717, 1.165) is 0 Å². The van der Waals surface area contributed by atoms with E-state index in [1.54, 1.807) is 0 Å². The van der Waals surface area contributed by atoms with Gasteiger partial charge >= 0.3 is 0 Å². The zero-order chi connectivity index (χ0) is 24.8. The van der Waals surface area contributed by atoms with E-state index in [1.807, 2.05) is 0 Å². The lowest BCUT2D eigenvalue weighted by atomic mass is 9.85. The fourth-order valence-corrected chi connectivity index (χ4v) is 7.00. The predicted molar refractivity (Wildman–Crippen MR) is 161 cm³/mol. The first-order valence-corrected chi connectivity index (χ1v) is 13.3. The first-order valence-electron chi connectivity index (χ1n) is 13.3. The van der Waals surface area contributed by atoms with Gasteiger partial charge in [0, 0.05) is 0 Å². The summed E-state index contributed by atoms with van der Waals surface area (Å²) in [5.41, 5.74) is 15.9. The summed E-state index contributed by atoms with van der Waals surface area (Å²) in [4.78, 5) is 0. The topological polar surface area (TPSA) is 0 Å². The fraction of sp³-hybridized carbons (Fsp3) is 0. The Balaban J connectivity index is 1.54. The van der Waals surface area contributed by atoms with Crippen molar-refractivity contribution in [2.45, 2.75) is 0 Å². The molecule has 0 radical (unpaired) electrons. The van der Waals surface area contributed by atoms with Gasteiger partial charge < -0.3 is 0 Å². The molecule has 0 aromatic heterocycles. The van der Waals surface area contributed by atoms with Gasteiger partial charge in [-0.3, -0.25) is 0 Å². The molecule has 9 rings (SSSR count). The molecule has 0 N–H and O–H groups in total. The van der Waals surface area contributed by atoms with E-state index in [-0.39, 0.29) is 0 Å². The molecule has 0 amide bonds. The van der Waals surface area contributed by atoms with Gasteiger partial charge in [-0.05, 0) is 100 Å². The van der Waals surface area contributed by atoms with Crippen molar-refractivity contribution in [2.75, 3.05) is 0 Å². The molecule has 38 heavy (non-hydrogen) atoms. The molecule has 2 aliphatic rings. The fourth-order valence-electron chi connectivity index (χ4n) is 7.00. The Morgan fingerprint density at radius 1 is 0.263 bits per heavy atom. The molecule has 0 saturated carbocycles. The summed E-state index contributed by atoms with van der Waals surface area (Å²) in [6.07, 6.45) is 0. The van der Waals surface area contributed by atoms with E-state index in [2.05, 4.69) is 133 Å². The van der Waals surface area contributed by atoms with E-state index in [1.165, 1.54) is 88.3 Å². The maximum atomic E-state index is 2.47. The zero-order valence-corrected chi connectivity index (χ0v) is 20.7. The molecule has 0 heterocycles. The first-order chi connectivity index (χ1) is 18.9. The summed E-state index contributed by atoms with van der Waals surface area (Å²) >= 11 is 0. The van der Waals surface area contributed by atoms with Crippen LogP contribution >= 0.6 is 0 Å². The molecular formula is C38H22. The molecular weight excluding hydrogens is 456 g/mol. The van der Waals surface area contributed by atoms with Gasteiger partial charge in [0.2, 0.25) is 0 Å². The zero-order valence-electron chi connectivity index (χ0n) is 20.7. The van der Waals surface area contributed by atoms with Crippen molar-refractivity contribution in [1.29, 1.82) is 0 Å². The van der Waals surface area contributed by atoms with Crippen molar-refractivity contribution < 1.29 is 0 Å². The Morgan fingerprint density at radius 2 is 0.632 bits per heavy atom. The molecule has 7 aromatic carbocycles. The Labute approximate surface area is 221 Å². The smallest absolute Gasteiger partial charge is 0.000740 e. The van der Waals surface area contributed by atoms with Gasteiger partial charge in [-0.2, -0.15) is 0 Å². The Morgan fingerprint density at radius 3 is 1.05 bits per heavy atom. The predicted octanol–water partition coefficient (Wildman–Crippen LogP) is 10.6. The van der Waals surface area contributed by atoms with E-state index < -0.39 is 0 Å². The number of hydrogen-bond donors (Lipinski definition) is 0. The summed E-state index contributed by atoms with van der Waals surface area (Å²) in [5.74, 6) is 0. The maximum Gasteiger partial charge on any atom is -0.000740 e. The molecule has 0 spiro atoms. The Kier molecular flexibility index (Phi) is 3.88. The maximum absolute atomic E-state index is 2.47. The molecule has 7 aromatic rings. The lowest BCUT2D eigenvalue weighted by Gasteiger charge is -2.18. The van der Waals surface area contributed by atoms with Gasteiger partial charge in [0.25, 0.3) is 0 Å². The highest BCUT2D eigenvalue weighted by molar-refractivity contribution is 6.35. The summed E-state index contributed by atoms with van der Waals surface area (Å²) < 4.78 is 0. The van der Waals surface area contributed by atoms with E-state index in [4.69, 9.17) is 0 Å². The van der Waals surface area contributed by atoms with Crippen molar-refractivity contribution >= 4 is 21.5 Å². The highest BCUT2D eigenvalue weighted by Crippen LogP contribution is 2.60. The third kappa shape index (κ3) is 2.50. The second-order valence-corrected chi connectivity index (χ2v) is 10.4. The molecule has 0 saturated heterocycles. The quantitative estimate of drug-likeness (QED) is 0.217. The van der Waals surface area contributed by atoms with Crippen molar-refractivity contribution in [3.8, 4) is 66.8 Å². The highest BCUT2D eigenvalue weighted by Gasteiger charge is 2.32. The minimum absolute atomic E-state index is 1.25. The van der Waals surface area contributed by atoms with Crippen LogP contribution in [0.25, 0.3) is 88.3 Å². The van der Waals surface area contributed by atoms with Crippen LogP contribution in [0.2, 0.25) is 0 Å². The van der Waals surface area contributed by atoms with Crippen molar-refractivity contribution in [1.82, 2.24) is 0 Å². The molecule has 0 aliphatic heterocycles. The number of fused-ring (bicyclic) bond motifs is 9. The van der Waals surface area contributed by atoms with Crippen molar-refractivity contribution in [2.24, 2.45) is 0 Å². The van der Waals surface area contributed by atoms with E-state index in [9.17, 15) is 0 Å². The van der Waals surface area contributed by atoms with Crippen molar-refractivity contribution in [3.63, 3.8) is 0 Å². The number of rotatable bonds is 2. The average Bonchev–Trinajstić information content (AvgIpc) is 3.51. The monoisotopic (exact) mass is 478 g/mol. The Hall–Kier alpha value is -4.94. The SMILES string of the molecule is c1ccc(-c2cc3c4c5c(ccc6c5c(c3cc2-c2ccccc2)-c2ccccc2-6)-c2ccccc2-4)cc1. The average molecular weight is 479 g/mol. The largest absolute Gasteiger partial charge is 0.0622 e. The minimum atomic E-state index is 1.25. The van der Waals surface area contributed by atoms with Crippen LogP contribution in [-0.2, 0) is 0 Å². The summed E-state index contributed by atoms with van der Waals surface area (Å²) in [5, 5.41) is 5.50. The van der Waals surface area contributed by atoms with Crippen molar-refractivity contribution in [3.05, 3.63) is 133 Å². The van der Waals surface area contributed by atoms with Crippen LogP contribution in [0.3, 0.4) is 0 Å². The first kappa shape index (κ1) is 20.2. The molecule has 174 valence electrons. The lowest BCUT2D eigenvalue weighted by molar-refractivity contribution is 1.61. The Bertz CT molecular complexity index is 1940. The lowest BCUT2D eigenvalue weighted by Crippen LogP contribution is -1.91. The van der Waals surface area contributed by atoms with Gasteiger partial charge in [-0.25, -0.2) is 0 Å². The molecule has 0 unspecified atom stereocenters. The van der Waals surface area contributed by atoms with Gasteiger partial charge in [0.1, 0.15) is 0 Å². The summed E-state index contributed by atoms with van der Waals surface area (Å²) in [7, 11) is 0. The normalized spacial score (nSPS) is 12.2. The highest BCUT2D eigenvalue weighted by atomic mass is 14.3. The van der Waals surface area contributed by atoms with Crippen LogP contribution in [0.5, 0.6) is 0 Å². The number of hydrogen-bond acceptors (Lipinski definition) is 0. The van der Waals surface area contributed by atoms with Crippen LogP contribution in [-0.4, -0.2) is 0 Å². The van der Waals surface area contributed by atoms with Gasteiger partial charge in [-0.15, -0.1) is 0 Å². The molecule has 0 nitrogen and oxygen atoms in total. The van der Waals surface area contributed by atoms with Crippen LogP contribution in [0.4, 0.5) is 0 Å². The standard InChI is InChI=1S/C38H22/c1-3-11-23(12-4-1)31-21-33-34(22-32(31)24-13-5-2-6-14-24)36-28-18-10-8-16-26(28)30-20-19-29-25-15-7-9-17-27(25)35(33)37(29)38(30)36/h1-22H. The van der Waals surface area contributed by atoms with Crippen LogP contribution in [0.15, 0.2) is 133 Å². The second-order valence-electron chi connectivity index (χ2n) is 10.4. The van der Waals surface area contributed by atoms with E-state index in [0.29, 0.717) is 0 Å². The summed E-state index contributed by atoms with van der Waals surface area (Å²) in [6.45, 7) is 0. The second kappa shape index (κ2) is 7.31. The van der Waals surface area contributed by atoms with Crippen LogP contribution in [0, 0.1) is 0 Å². The molecule has 0 fully saturated rings. The van der Waals surface area contributed by atoms with Gasteiger partial charge in [0.05, 0.1) is 0 Å². The van der Waals surface area contributed by atoms with Gasteiger partial charge in [0.15, 0.2) is 0 Å². The van der Waals surface area contributed by atoms with E-state index >= 15 is 0 Å². The molecule has 0 bridgehead atoms. The molecule has 0 atom stereocenters. The number of benzene rings is 7. The molecule has 0 heteroatoms. The third-order valence-electron chi connectivity index (χ3n) is 8.54. The van der Waals surface area contributed by atoms with Gasteiger partial charge in [-0.1, -0.05) is 121 Å².